The summed E-state index contributed by atoms with van der Waals surface area (Å²) in [6.45, 7) is 4.53. The van der Waals surface area contributed by atoms with Gasteiger partial charge in [0.15, 0.2) is 5.13 Å². The Balaban J connectivity index is 1.67. The van der Waals surface area contributed by atoms with Crippen LogP contribution in [0, 0.1) is 0 Å². The predicted molar refractivity (Wildman–Crippen MR) is 118 cm³/mol. The minimum absolute atomic E-state index is 0.0775. The molecular formula is C22H26N4O3S. The molecule has 1 atom stereocenters. The summed E-state index contributed by atoms with van der Waals surface area (Å²) in [7, 11) is 0. The smallest absolute Gasteiger partial charge is 0.273 e. The molecule has 2 N–H and O–H groups in total. The van der Waals surface area contributed by atoms with Gasteiger partial charge in [0, 0.05) is 30.1 Å². The highest BCUT2D eigenvalue weighted by Gasteiger charge is 2.21. The predicted octanol–water partition coefficient (Wildman–Crippen LogP) is 4.43. The van der Waals surface area contributed by atoms with E-state index < -0.39 is 0 Å². The van der Waals surface area contributed by atoms with E-state index in [0.29, 0.717) is 16.6 Å². The first kappa shape index (κ1) is 21.6. The van der Waals surface area contributed by atoms with Crippen LogP contribution in [0.3, 0.4) is 0 Å². The Kier molecular flexibility index (Phi) is 7.62. The van der Waals surface area contributed by atoms with Gasteiger partial charge in [-0.25, -0.2) is 4.98 Å². The van der Waals surface area contributed by atoms with Crippen molar-refractivity contribution in [3.63, 3.8) is 0 Å². The van der Waals surface area contributed by atoms with Gasteiger partial charge in [-0.2, -0.15) is 0 Å². The van der Waals surface area contributed by atoms with E-state index in [9.17, 15) is 9.59 Å². The summed E-state index contributed by atoms with van der Waals surface area (Å²) in [5, 5.41) is 8.49. The molecule has 0 unspecified atom stereocenters. The average Bonchev–Trinajstić information content (AvgIpc) is 3.43. The van der Waals surface area contributed by atoms with Crippen LogP contribution >= 0.6 is 11.3 Å². The first-order valence-corrected chi connectivity index (χ1v) is 10.8. The van der Waals surface area contributed by atoms with Gasteiger partial charge in [0.05, 0.1) is 12.8 Å². The largest absolute Gasteiger partial charge is 0.467 e. The van der Waals surface area contributed by atoms with Crippen LogP contribution in [0.25, 0.3) is 0 Å². The van der Waals surface area contributed by atoms with E-state index in [4.69, 9.17) is 4.42 Å². The van der Waals surface area contributed by atoms with Crippen molar-refractivity contribution in [2.75, 3.05) is 11.9 Å². The van der Waals surface area contributed by atoms with Crippen LogP contribution in [0.15, 0.2) is 58.5 Å². The Morgan fingerprint density at radius 3 is 2.70 bits per heavy atom. The summed E-state index contributed by atoms with van der Waals surface area (Å²) >= 11 is 1.36. The van der Waals surface area contributed by atoms with Crippen LogP contribution in [0.2, 0.25) is 0 Å². The molecule has 3 rings (SSSR count). The first-order valence-electron chi connectivity index (χ1n) is 9.93. The number of thiazole rings is 1. The molecule has 0 bridgehead atoms. The third-order valence-electron chi connectivity index (χ3n) is 4.59. The molecule has 0 fully saturated rings. The summed E-state index contributed by atoms with van der Waals surface area (Å²) in [5.74, 6) is 0.343. The lowest BCUT2D eigenvalue weighted by molar-refractivity contribution is -0.121. The van der Waals surface area contributed by atoms with Crippen molar-refractivity contribution in [3.8, 4) is 0 Å². The number of carbonyl (C=O) groups is 2. The molecule has 0 aliphatic heterocycles. The fourth-order valence-electron chi connectivity index (χ4n) is 2.76. The molecule has 2 aromatic heterocycles. The van der Waals surface area contributed by atoms with Crippen molar-refractivity contribution < 1.29 is 14.0 Å². The SMILES string of the molecule is CC[C@@H](C)NC(=O)CCN(Cc1ccco1)C(=O)c1csc(Nc2ccccc2)n1. The zero-order valence-corrected chi connectivity index (χ0v) is 17.9. The van der Waals surface area contributed by atoms with E-state index >= 15 is 0 Å². The molecule has 3 aromatic rings. The number of aromatic nitrogens is 1. The van der Waals surface area contributed by atoms with Crippen LogP contribution in [-0.2, 0) is 11.3 Å². The molecule has 0 aliphatic carbocycles. The highest BCUT2D eigenvalue weighted by Crippen LogP contribution is 2.22. The lowest BCUT2D eigenvalue weighted by Crippen LogP contribution is -2.37. The molecule has 0 radical (unpaired) electrons. The lowest BCUT2D eigenvalue weighted by atomic mass is 10.2. The van der Waals surface area contributed by atoms with Crippen molar-refractivity contribution >= 4 is 34.0 Å². The minimum Gasteiger partial charge on any atom is -0.467 e. The number of hydrogen-bond acceptors (Lipinski definition) is 6. The fourth-order valence-corrected chi connectivity index (χ4v) is 3.47. The second kappa shape index (κ2) is 10.6. The summed E-state index contributed by atoms with van der Waals surface area (Å²) in [4.78, 5) is 31.3. The maximum atomic E-state index is 13.1. The highest BCUT2D eigenvalue weighted by atomic mass is 32.1. The number of furan rings is 1. The summed E-state index contributed by atoms with van der Waals surface area (Å²) in [6, 6.07) is 13.4. The van der Waals surface area contributed by atoms with Gasteiger partial charge in [-0.3, -0.25) is 9.59 Å². The van der Waals surface area contributed by atoms with Gasteiger partial charge in [0.2, 0.25) is 5.91 Å². The van der Waals surface area contributed by atoms with E-state index in [1.54, 1.807) is 22.6 Å². The van der Waals surface area contributed by atoms with E-state index in [1.165, 1.54) is 11.3 Å². The van der Waals surface area contributed by atoms with Crippen LogP contribution in [0.1, 0.15) is 42.9 Å². The van der Waals surface area contributed by atoms with Gasteiger partial charge in [0.1, 0.15) is 11.5 Å². The van der Waals surface area contributed by atoms with Crippen LogP contribution in [0.4, 0.5) is 10.8 Å². The van der Waals surface area contributed by atoms with Gasteiger partial charge in [0.25, 0.3) is 5.91 Å². The van der Waals surface area contributed by atoms with Crippen LogP contribution in [0.5, 0.6) is 0 Å². The fraction of sp³-hybridized carbons (Fsp3) is 0.318. The molecular weight excluding hydrogens is 400 g/mol. The maximum absolute atomic E-state index is 13.1. The second-order valence-electron chi connectivity index (χ2n) is 6.96. The number of rotatable bonds is 10. The zero-order valence-electron chi connectivity index (χ0n) is 17.1. The topological polar surface area (TPSA) is 87.5 Å². The number of carbonyl (C=O) groups excluding carboxylic acids is 2. The normalized spacial score (nSPS) is 11.7. The Morgan fingerprint density at radius 2 is 2.00 bits per heavy atom. The number of para-hydroxylation sites is 1. The molecule has 2 amide bonds. The van der Waals surface area contributed by atoms with Gasteiger partial charge in [-0.05, 0) is 37.6 Å². The molecule has 2 heterocycles. The molecule has 0 saturated heterocycles. The van der Waals surface area contributed by atoms with E-state index in [-0.39, 0.29) is 37.4 Å². The van der Waals surface area contributed by atoms with E-state index in [1.807, 2.05) is 50.2 Å². The summed E-state index contributed by atoms with van der Waals surface area (Å²) in [5.41, 5.74) is 1.24. The monoisotopic (exact) mass is 426 g/mol. The Hall–Kier alpha value is -3.13. The van der Waals surface area contributed by atoms with Crippen LogP contribution < -0.4 is 10.6 Å². The number of benzene rings is 1. The first-order chi connectivity index (χ1) is 14.5. The molecule has 30 heavy (non-hydrogen) atoms. The van der Waals surface area contributed by atoms with Crippen molar-refractivity contribution in [2.24, 2.45) is 0 Å². The van der Waals surface area contributed by atoms with Crippen molar-refractivity contribution in [2.45, 2.75) is 39.3 Å². The number of amides is 2. The van der Waals surface area contributed by atoms with Crippen molar-refractivity contribution in [3.05, 3.63) is 65.6 Å². The number of anilines is 2. The van der Waals surface area contributed by atoms with E-state index in [2.05, 4.69) is 15.6 Å². The van der Waals surface area contributed by atoms with Crippen LogP contribution in [-0.4, -0.2) is 34.3 Å². The maximum Gasteiger partial charge on any atom is 0.273 e. The Bertz CT molecular complexity index is 940. The zero-order chi connectivity index (χ0) is 21.3. The lowest BCUT2D eigenvalue weighted by Gasteiger charge is -2.21. The molecule has 0 spiro atoms. The summed E-state index contributed by atoms with van der Waals surface area (Å²) in [6.07, 6.45) is 2.64. The third-order valence-corrected chi connectivity index (χ3v) is 5.35. The molecule has 7 nitrogen and oxygen atoms in total. The van der Waals surface area contributed by atoms with Gasteiger partial charge in [-0.15, -0.1) is 11.3 Å². The molecule has 0 saturated carbocycles. The van der Waals surface area contributed by atoms with Crippen molar-refractivity contribution in [1.82, 2.24) is 15.2 Å². The number of nitrogens with zero attached hydrogens (tertiary/aromatic N) is 2. The van der Waals surface area contributed by atoms with Gasteiger partial charge < -0.3 is 20.0 Å². The average molecular weight is 427 g/mol. The third kappa shape index (κ3) is 6.18. The highest BCUT2D eigenvalue weighted by molar-refractivity contribution is 7.14. The molecule has 8 heteroatoms. The number of nitrogens with one attached hydrogen (secondary N) is 2. The molecule has 158 valence electrons. The Morgan fingerprint density at radius 1 is 1.20 bits per heavy atom. The van der Waals surface area contributed by atoms with Gasteiger partial charge in [-0.1, -0.05) is 25.1 Å². The number of hydrogen-bond donors (Lipinski definition) is 2. The molecule has 1 aromatic carbocycles. The van der Waals surface area contributed by atoms with E-state index in [0.717, 1.165) is 12.1 Å². The standard InChI is InChI=1S/C22H26N4O3S/c1-3-16(2)23-20(27)11-12-26(14-18-10-7-13-29-18)21(28)19-15-30-22(25-19)24-17-8-5-4-6-9-17/h4-10,13,15-16H,3,11-12,14H2,1-2H3,(H,23,27)(H,24,25)/t16-/m1/s1. The molecule has 0 aliphatic rings. The second-order valence-corrected chi connectivity index (χ2v) is 7.82. The summed E-state index contributed by atoms with van der Waals surface area (Å²) < 4.78 is 5.40. The minimum atomic E-state index is -0.236. The van der Waals surface area contributed by atoms with Gasteiger partial charge >= 0.3 is 0 Å². The Labute approximate surface area is 180 Å². The van der Waals surface area contributed by atoms with Crippen molar-refractivity contribution in [1.29, 1.82) is 0 Å². The quantitative estimate of drug-likeness (QED) is 0.501.